The van der Waals surface area contributed by atoms with E-state index in [0.717, 1.165) is 30.3 Å². The molecule has 1 aliphatic heterocycles. The van der Waals surface area contributed by atoms with Gasteiger partial charge in [0.2, 0.25) is 0 Å². The molecule has 1 aliphatic rings. The van der Waals surface area contributed by atoms with E-state index in [9.17, 15) is 0 Å². The summed E-state index contributed by atoms with van der Waals surface area (Å²) in [6.07, 6.45) is 0.280. The van der Waals surface area contributed by atoms with Gasteiger partial charge in [0.1, 0.15) is 11.9 Å². The van der Waals surface area contributed by atoms with Crippen molar-refractivity contribution < 1.29 is 14.2 Å². The molecule has 0 aliphatic carbocycles. The largest absolute Gasteiger partial charge is 0.493 e. The molecule has 1 N–H and O–H groups in total. The van der Waals surface area contributed by atoms with Gasteiger partial charge in [0.05, 0.1) is 13.7 Å². The number of hydrogen-bond donors (Lipinski definition) is 1. The highest BCUT2D eigenvalue weighted by molar-refractivity contribution is 5.45. The summed E-state index contributed by atoms with van der Waals surface area (Å²) in [7, 11) is 1.63. The fourth-order valence-corrected chi connectivity index (χ4v) is 1.54. The molecule has 0 saturated carbocycles. The number of hydrogen-bond acceptors (Lipinski definition) is 4. The minimum absolute atomic E-state index is 0.280. The molecule has 4 heteroatoms. The van der Waals surface area contributed by atoms with Crippen molar-refractivity contribution in [3.05, 3.63) is 18.2 Å². The summed E-state index contributed by atoms with van der Waals surface area (Å²) in [6.45, 7) is 4.39. The van der Waals surface area contributed by atoms with E-state index in [4.69, 9.17) is 14.2 Å². The van der Waals surface area contributed by atoms with Crippen LogP contribution in [0.15, 0.2) is 18.2 Å². The zero-order valence-corrected chi connectivity index (χ0v) is 9.66. The van der Waals surface area contributed by atoms with Crippen LogP contribution in [-0.2, 0) is 0 Å². The fraction of sp³-hybridized carbons (Fsp3) is 0.500. The van der Waals surface area contributed by atoms with E-state index in [2.05, 4.69) is 5.32 Å². The van der Waals surface area contributed by atoms with Crippen molar-refractivity contribution in [2.24, 2.45) is 0 Å². The Morgan fingerprint density at radius 2 is 2.12 bits per heavy atom. The minimum atomic E-state index is 0.280. The quantitative estimate of drug-likeness (QED) is 0.820. The Morgan fingerprint density at radius 1 is 1.31 bits per heavy atom. The van der Waals surface area contributed by atoms with Crippen LogP contribution in [-0.4, -0.2) is 32.9 Å². The van der Waals surface area contributed by atoms with Gasteiger partial charge in [-0.05, 0) is 19.1 Å². The predicted molar refractivity (Wildman–Crippen MR) is 61.4 cm³/mol. The second-order valence-corrected chi connectivity index (χ2v) is 3.64. The summed E-state index contributed by atoms with van der Waals surface area (Å²) >= 11 is 0. The minimum Gasteiger partial charge on any atom is -0.493 e. The van der Waals surface area contributed by atoms with Crippen LogP contribution in [0.25, 0.3) is 0 Å². The van der Waals surface area contributed by atoms with Crippen molar-refractivity contribution in [2.75, 3.05) is 26.8 Å². The van der Waals surface area contributed by atoms with E-state index >= 15 is 0 Å². The maximum atomic E-state index is 5.74. The van der Waals surface area contributed by atoms with Crippen molar-refractivity contribution in [3.63, 3.8) is 0 Å². The second kappa shape index (κ2) is 5.07. The van der Waals surface area contributed by atoms with Gasteiger partial charge in [0.25, 0.3) is 0 Å². The van der Waals surface area contributed by atoms with Crippen molar-refractivity contribution in [3.8, 4) is 17.2 Å². The molecule has 0 spiro atoms. The van der Waals surface area contributed by atoms with Crippen LogP contribution in [0.3, 0.4) is 0 Å². The number of ether oxygens (including phenoxy) is 3. The second-order valence-electron chi connectivity index (χ2n) is 3.64. The lowest BCUT2D eigenvalue weighted by molar-refractivity contribution is 0.141. The molecule has 88 valence electrons. The van der Waals surface area contributed by atoms with E-state index in [1.807, 2.05) is 25.1 Å². The van der Waals surface area contributed by atoms with Gasteiger partial charge in [-0.3, -0.25) is 0 Å². The first-order valence-corrected chi connectivity index (χ1v) is 5.51. The smallest absolute Gasteiger partial charge is 0.164 e. The summed E-state index contributed by atoms with van der Waals surface area (Å²) in [5, 5.41) is 3.16. The molecule has 0 bridgehead atoms. The van der Waals surface area contributed by atoms with Gasteiger partial charge < -0.3 is 19.5 Å². The van der Waals surface area contributed by atoms with Crippen LogP contribution < -0.4 is 19.5 Å². The van der Waals surface area contributed by atoms with E-state index in [1.54, 1.807) is 7.11 Å². The van der Waals surface area contributed by atoms with Crippen molar-refractivity contribution in [2.45, 2.75) is 13.0 Å². The highest BCUT2D eigenvalue weighted by atomic mass is 16.5. The third kappa shape index (κ3) is 2.39. The highest BCUT2D eigenvalue weighted by Gasteiger charge is 2.18. The molecule has 1 aromatic rings. The van der Waals surface area contributed by atoms with Gasteiger partial charge in [-0.2, -0.15) is 0 Å². The Kier molecular flexibility index (Phi) is 3.51. The van der Waals surface area contributed by atoms with Gasteiger partial charge in [0, 0.05) is 19.2 Å². The molecule has 16 heavy (non-hydrogen) atoms. The summed E-state index contributed by atoms with van der Waals surface area (Å²) in [5.41, 5.74) is 0. The molecule has 0 amide bonds. The van der Waals surface area contributed by atoms with Gasteiger partial charge in [0.15, 0.2) is 11.5 Å². The number of benzene rings is 1. The maximum absolute atomic E-state index is 5.74. The topological polar surface area (TPSA) is 39.7 Å². The van der Waals surface area contributed by atoms with Crippen LogP contribution in [0, 0.1) is 0 Å². The molecule has 1 heterocycles. The van der Waals surface area contributed by atoms with E-state index in [-0.39, 0.29) is 6.10 Å². The molecule has 1 saturated heterocycles. The van der Waals surface area contributed by atoms with Crippen LogP contribution in [0.5, 0.6) is 17.2 Å². The molecule has 0 radical (unpaired) electrons. The van der Waals surface area contributed by atoms with E-state index in [1.165, 1.54) is 0 Å². The van der Waals surface area contributed by atoms with Crippen LogP contribution in [0.4, 0.5) is 0 Å². The van der Waals surface area contributed by atoms with Crippen molar-refractivity contribution >= 4 is 0 Å². The van der Waals surface area contributed by atoms with E-state index < -0.39 is 0 Å². The van der Waals surface area contributed by atoms with Gasteiger partial charge in [-0.15, -0.1) is 0 Å². The monoisotopic (exact) mass is 223 g/mol. The molecule has 1 fully saturated rings. The van der Waals surface area contributed by atoms with Crippen LogP contribution in [0.2, 0.25) is 0 Å². The first-order valence-electron chi connectivity index (χ1n) is 5.51. The highest BCUT2D eigenvalue weighted by Crippen LogP contribution is 2.31. The molecule has 0 atom stereocenters. The number of rotatable bonds is 5. The summed E-state index contributed by atoms with van der Waals surface area (Å²) in [4.78, 5) is 0. The molecule has 4 nitrogen and oxygen atoms in total. The Labute approximate surface area is 95.5 Å². The Balaban J connectivity index is 2.09. The average molecular weight is 223 g/mol. The molecular formula is C12H17NO3. The van der Waals surface area contributed by atoms with Crippen LogP contribution in [0.1, 0.15) is 6.92 Å². The predicted octanol–water partition coefficient (Wildman–Crippen LogP) is 1.44. The molecular weight excluding hydrogens is 206 g/mol. The number of methoxy groups -OCH3 is 1. The third-order valence-electron chi connectivity index (χ3n) is 2.48. The Hall–Kier alpha value is -1.42. The van der Waals surface area contributed by atoms with Gasteiger partial charge >= 0.3 is 0 Å². The van der Waals surface area contributed by atoms with Crippen molar-refractivity contribution in [1.82, 2.24) is 5.32 Å². The lowest BCUT2D eigenvalue weighted by Gasteiger charge is -2.28. The summed E-state index contributed by atoms with van der Waals surface area (Å²) < 4.78 is 16.4. The molecule has 0 aromatic heterocycles. The fourth-order valence-electron chi connectivity index (χ4n) is 1.54. The first-order chi connectivity index (χ1) is 7.83. The van der Waals surface area contributed by atoms with Crippen molar-refractivity contribution in [1.29, 1.82) is 0 Å². The Bertz CT molecular complexity index is 350. The lowest BCUT2D eigenvalue weighted by atomic mass is 10.2. The summed E-state index contributed by atoms with van der Waals surface area (Å²) in [6, 6.07) is 5.65. The number of nitrogens with one attached hydrogen (secondary N) is 1. The third-order valence-corrected chi connectivity index (χ3v) is 2.48. The average Bonchev–Trinajstić information content (AvgIpc) is 2.24. The summed E-state index contributed by atoms with van der Waals surface area (Å²) in [5.74, 6) is 2.30. The normalized spacial score (nSPS) is 15.4. The van der Waals surface area contributed by atoms with Gasteiger partial charge in [-0.25, -0.2) is 0 Å². The molecule has 0 unspecified atom stereocenters. The van der Waals surface area contributed by atoms with E-state index in [0.29, 0.717) is 6.61 Å². The van der Waals surface area contributed by atoms with Gasteiger partial charge in [-0.1, -0.05) is 0 Å². The molecule has 1 aromatic carbocycles. The Morgan fingerprint density at radius 3 is 2.69 bits per heavy atom. The SMILES string of the molecule is CCOc1cc(OC2CNC2)ccc1OC. The zero-order chi connectivity index (χ0) is 11.4. The van der Waals surface area contributed by atoms with Crippen LogP contribution >= 0.6 is 0 Å². The first kappa shape index (κ1) is 11.1. The lowest BCUT2D eigenvalue weighted by Crippen LogP contribution is -2.50. The standard InChI is InChI=1S/C12H17NO3/c1-3-15-12-6-9(4-5-11(12)14-2)16-10-7-13-8-10/h4-6,10,13H,3,7-8H2,1-2H3. The zero-order valence-electron chi connectivity index (χ0n) is 9.66. The maximum Gasteiger partial charge on any atom is 0.164 e. The molecule has 2 rings (SSSR count).